The summed E-state index contributed by atoms with van der Waals surface area (Å²) in [5.41, 5.74) is 0.658. The highest BCUT2D eigenvalue weighted by Gasteiger charge is 2.10. The molecule has 1 N–H and O–H groups in total. The molecule has 0 spiro atoms. The van der Waals surface area contributed by atoms with Crippen molar-refractivity contribution in [1.29, 1.82) is 0 Å². The van der Waals surface area contributed by atoms with Crippen LogP contribution in [0.1, 0.15) is 12.5 Å². The summed E-state index contributed by atoms with van der Waals surface area (Å²) in [6.45, 7) is 2.39. The summed E-state index contributed by atoms with van der Waals surface area (Å²) < 4.78 is 11.4. The number of hydrogen-bond donors (Lipinski definition) is 1. The molecule has 0 aliphatic carbocycles. The molecule has 5 heteroatoms. The first kappa shape index (κ1) is 11.8. The number of rotatable bonds is 4. The molecule has 0 radical (unpaired) electrons. The van der Waals surface area contributed by atoms with Crippen LogP contribution in [0.25, 0.3) is 0 Å². The van der Waals surface area contributed by atoms with Gasteiger partial charge in [0.1, 0.15) is 0 Å². The van der Waals surface area contributed by atoms with Gasteiger partial charge in [0.05, 0.1) is 19.9 Å². The standard InChI is InChI=1S/C10H12BrNO3/c1-3-15-10-7(6-12-13)4-8(11)5-9(10)14-2/h4-6,13H,3H2,1-2H3. The fourth-order valence-electron chi connectivity index (χ4n) is 1.20. The molecule has 0 atom stereocenters. The average Bonchev–Trinajstić information content (AvgIpc) is 2.22. The first-order valence-corrected chi connectivity index (χ1v) is 5.20. The van der Waals surface area contributed by atoms with E-state index in [1.165, 1.54) is 6.21 Å². The summed E-state index contributed by atoms with van der Waals surface area (Å²) in [4.78, 5) is 0. The first-order valence-electron chi connectivity index (χ1n) is 4.40. The van der Waals surface area contributed by atoms with Gasteiger partial charge in [0.15, 0.2) is 11.5 Å². The molecule has 0 aliphatic heterocycles. The molecule has 82 valence electrons. The molecule has 4 nitrogen and oxygen atoms in total. The molecule has 0 bridgehead atoms. The lowest BCUT2D eigenvalue weighted by Gasteiger charge is -2.12. The number of hydrogen-bond acceptors (Lipinski definition) is 4. The normalized spacial score (nSPS) is 10.6. The molecule has 0 aromatic heterocycles. The molecule has 0 heterocycles. The van der Waals surface area contributed by atoms with E-state index < -0.39 is 0 Å². The van der Waals surface area contributed by atoms with Gasteiger partial charge in [0, 0.05) is 10.0 Å². The Bertz CT molecular complexity index is 366. The highest BCUT2D eigenvalue weighted by atomic mass is 79.9. The summed E-state index contributed by atoms with van der Waals surface area (Å²) in [6.07, 6.45) is 1.30. The fraction of sp³-hybridized carbons (Fsp3) is 0.300. The summed E-state index contributed by atoms with van der Waals surface area (Å²) >= 11 is 3.33. The third-order valence-corrected chi connectivity index (χ3v) is 2.21. The maximum Gasteiger partial charge on any atom is 0.170 e. The SMILES string of the molecule is CCOc1c(C=NO)cc(Br)cc1OC. The smallest absolute Gasteiger partial charge is 0.170 e. The summed E-state index contributed by atoms with van der Waals surface area (Å²) in [5, 5.41) is 11.5. The Balaban J connectivity index is 3.26. The van der Waals surface area contributed by atoms with E-state index in [4.69, 9.17) is 14.7 Å². The molecule has 0 amide bonds. The predicted molar refractivity (Wildman–Crippen MR) is 61.2 cm³/mol. The molecule has 1 rings (SSSR count). The summed E-state index contributed by atoms with van der Waals surface area (Å²) in [7, 11) is 1.56. The summed E-state index contributed by atoms with van der Waals surface area (Å²) in [6, 6.07) is 3.58. The Morgan fingerprint density at radius 3 is 2.80 bits per heavy atom. The van der Waals surface area contributed by atoms with Gasteiger partial charge < -0.3 is 14.7 Å². The van der Waals surface area contributed by atoms with Crippen molar-refractivity contribution in [3.8, 4) is 11.5 Å². The third-order valence-electron chi connectivity index (χ3n) is 1.75. The van der Waals surface area contributed by atoms with Gasteiger partial charge in [-0.15, -0.1) is 0 Å². The van der Waals surface area contributed by atoms with E-state index in [1.54, 1.807) is 19.2 Å². The lowest BCUT2D eigenvalue weighted by molar-refractivity contribution is 0.308. The predicted octanol–water partition coefficient (Wildman–Crippen LogP) is 2.66. The number of oxime groups is 1. The van der Waals surface area contributed by atoms with Gasteiger partial charge in [-0.3, -0.25) is 0 Å². The van der Waals surface area contributed by atoms with Crippen LogP contribution >= 0.6 is 15.9 Å². The van der Waals surface area contributed by atoms with Crippen molar-refractivity contribution in [2.45, 2.75) is 6.92 Å². The van der Waals surface area contributed by atoms with Crippen LogP contribution in [0.2, 0.25) is 0 Å². The highest BCUT2D eigenvalue weighted by molar-refractivity contribution is 9.10. The Hall–Kier alpha value is -1.23. The van der Waals surface area contributed by atoms with Crippen LogP contribution in [0, 0.1) is 0 Å². The van der Waals surface area contributed by atoms with Crippen LogP contribution < -0.4 is 9.47 Å². The van der Waals surface area contributed by atoms with Gasteiger partial charge in [0.2, 0.25) is 0 Å². The van der Waals surface area contributed by atoms with Crippen molar-refractivity contribution >= 4 is 22.1 Å². The van der Waals surface area contributed by atoms with E-state index in [0.29, 0.717) is 23.7 Å². The number of ether oxygens (including phenoxy) is 2. The number of nitrogens with zero attached hydrogens (tertiary/aromatic N) is 1. The molecule has 0 saturated carbocycles. The minimum atomic E-state index is 0.518. The first-order chi connectivity index (χ1) is 7.22. The Labute approximate surface area is 96.6 Å². The molecule has 1 aromatic carbocycles. The third kappa shape index (κ3) is 2.86. The van der Waals surface area contributed by atoms with E-state index in [2.05, 4.69) is 21.1 Å². The van der Waals surface area contributed by atoms with Gasteiger partial charge in [0.25, 0.3) is 0 Å². The van der Waals surface area contributed by atoms with Gasteiger partial charge in [-0.2, -0.15) is 0 Å². The second kappa shape index (κ2) is 5.60. The molecule has 0 saturated heterocycles. The Morgan fingerprint density at radius 2 is 2.27 bits per heavy atom. The highest BCUT2D eigenvalue weighted by Crippen LogP contribution is 2.33. The second-order valence-corrected chi connectivity index (χ2v) is 3.62. The molecule has 1 aromatic rings. The lowest BCUT2D eigenvalue weighted by atomic mass is 10.2. The molecular weight excluding hydrogens is 262 g/mol. The van der Waals surface area contributed by atoms with Crippen LogP contribution in [0.3, 0.4) is 0 Å². The Morgan fingerprint density at radius 1 is 1.53 bits per heavy atom. The maximum absolute atomic E-state index is 8.52. The topological polar surface area (TPSA) is 51.0 Å². The zero-order valence-corrected chi connectivity index (χ0v) is 10.1. The minimum Gasteiger partial charge on any atom is -0.493 e. The van der Waals surface area contributed by atoms with Crippen LogP contribution in [-0.4, -0.2) is 25.1 Å². The molecule has 0 fully saturated rings. The van der Waals surface area contributed by atoms with E-state index in [9.17, 15) is 0 Å². The van der Waals surface area contributed by atoms with Crippen molar-refractivity contribution in [2.24, 2.45) is 5.16 Å². The van der Waals surface area contributed by atoms with Crippen molar-refractivity contribution < 1.29 is 14.7 Å². The summed E-state index contributed by atoms with van der Waals surface area (Å²) in [5.74, 6) is 1.17. The van der Waals surface area contributed by atoms with Crippen LogP contribution in [0.15, 0.2) is 21.8 Å². The molecule has 0 aliphatic rings. The van der Waals surface area contributed by atoms with Crippen molar-refractivity contribution in [3.63, 3.8) is 0 Å². The Kier molecular flexibility index (Phi) is 4.42. The number of halogens is 1. The quantitative estimate of drug-likeness (QED) is 0.521. The van der Waals surface area contributed by atoms with Gasteiger partial charge in [-0.25, -0.2) is 0 Å². The van der Waals surface area contributed by atoms with Crippen molar-refractivity contribution in [1.82, 2.24) is 0 Å². The largest absolute Gasteiger partial charge is 0.493 e. The molecule has 0 unspecified atom stereocenters. The van der Waals surface area contributed by atoms with Crippen LogP contribution in [0.5, 0.6) is 11.5 Å². The van der Waals surface area contributed by atoms with Crippen LogP contribution in [0.4, 0.5) is 0 Å². The number of methoxy groups -OCH3 is 1. The average molecular weight is 274 g/mol. The van der Waals surface area contributed by atoms with Crippen molar-refractivity contribution in [2.75, 3.05) is 13.7 Å². The van der Waals surface area contributed by atoms with Gasteiger partial charge in [-0.1, -0.05) is 21.1 Å². The van der Waals surface area contributed by atoms with Crippen LogP contribution in [-0.2, 0) is 0 Å². The van der Waals surface area contributed by atoms with E-state index in [-0.39, 0.29) is 0 Å². The molecule has 15 heavy (non-hydrogen) atoms. The number of benzene rings is 1. The second-order valence-electron chi connectivity index (χ2n) is 2.70. The van der Waals surface area contributed by atoms with Gasteiger partial charge in [-0.05, 0) is 19.1 Å². The van der Waals surface area contributed by atoms with E-state index in [0.717, 1.165) is 4.47 Å². The van der Waals surface area contributed by atoms with Gasteiger partial charge >= 0.3 is 0 Å². The zero-order chi connectivity index (χ0) is 11.3. The maximum atomic E-state index is 8.52. The monoisotopic (exact) mass is 273 g/mol. The molecular formula is C10H12BrNO3. The van der Waals surface area contributed by atoms with E-state index >= 15 is 0 Å². The fourth-order valence-corrected chi connectivity index (χ4v) is 1.65. The van der Waals surface area contributed by atoms with Crippen molar-refractivity contribution in [3.05, 3.63) is 22.2 Å². The zero-order valence-electron chi connectivity index (χ0n) is 8.53. The lowest BCUT2D eigenvalue weighted by Crippen LogP contribution is -1.99. The van der Waals surface area contributed by atoms with E-state index in [1.807, 2.05) is 6.92 Å². The minimum absolute atomic E-state index is 0.518.